The highest BCUT2D eigenvalue weighted by atomic mass is 16.2. The van der Waals surface area contributed by atoms with Crippen LogP contribution in [0.15, 0.2) is 30.3 Å². The van der Waals surface area contributed by atoms with Crippen LogP contribution in [0, 0.1) is 5.92 Å². The Balaban J connectivity index is 1.58. The van der Waals surface area contributed by atoms with E-state index < -0.39 is 0 Å². The van der Waals surface area contributed by atoms with Gasteiger partial charge in [0.2, 0.25) is 5.91 Å². The smallest absolute Gasteiger partial charge is 0.225 e. The molecule has 0 aromatic heterocycles. The van der Waals surface area contributed by atoms with Crippen molar-refractivity contribution < 1.29 is 4.79 Å². The van der Waals surface area contributed by atoms with Gasteiger partial charge >= 0.3 is 0 Å². The molecule has 2 fully saturated rings. The van der Waals surface area contributed by atoms with E-state index in [0.717, 1.165) is 38.8 Å². The van der Waals surface area contributed by atoms with Gasteiger partial charge in [0.15, 0.2) is 0 Å². The van der Waals surface area contributed by atoms with E-state index in [2.05, 4.69) is 35.2 Å². The Hall–Kier alpha value is -1.31. The van der Waals surface area contributed by atoms with Gasteiger partial charge < -0.3 is 4.90 Å². The largest absolute Gasteiger partial charge is 0.342 e. The average molecular weight is 229 g/mol. The van der Waals surface area contributed by atoms with Crippen LogP contribution in [-0.4, -0.2) is 23.9 Å². The number of benzene rings is 1. The lowest BCUT2D eigenvalue weighted by Gasteiger charge is -2.32. The molecule has 1 saturated heterocycles. The van der Waals surface area contributed by atoms with Crippen molar-refractivity contribution in [2.45, 2.75) is 31.6 Å². The van der Waals surface area contributed by atoms with Crippen LogP contribution in [0.4, 0.5) is 0 Å². The molecule has 17 heavy (non-hydrogen) atoms. The predicted octanol–water partition coefficient (Wildman–Crippen LogP) is 2.80. The summed E-state index contributed by atoms with van der Waals surface area (Å²) in [5.74, 6) is 1.44. The highest BCUT2D eigenvalue weighted by molar-refractivity contribution is 5.81. The van der Waals surface area contributed by atoms with Crippen molar-refractivity contribution in [3.8, 4) is 0 Å². The Morgan fingerprint density at radius 3 is 2.24 bits per heavy atom. The first-order chi connectivity index (χ1) is 8.34. The van der Waals surface area contributed by atoms with Crippen molar-refractivity contribution in [1.29, 1.82) is 0 Å². The Labute approximate surface area is 103 Å². The summed E-state index contributed by atoms with van der Waals surface area (Å²) in [6.45, 7) is 1.91. The van der Waals surface area contributed by atoms with Gasteiger partial charge in [-0.25, -0.2) is 0 Å². The molecule has 2 heteroatoms. The number of likely N-dealkylation sites (tertiary alicyclic amines) is 1. The molecule has 0 unspecified atom stereocenters. The molecule has 0 radical (unpaired) electrons. The minimum absolute atomic E-state index is 0.378. The number of carbonyl (C=O) groups is 1. The highest BCUT2D eigenvalue weighted by Crippen LogP contribution is 2.34. The van der Waals surface area contributed by atoms with Crippen LogP contribution >= 0.6 is 0 Å². The van der Waals surface area contributed by atoms with Crippen LogP contribution in [0.1, 0.15) is 37.2 Å². The molecule has 1 aliphatic heterocycles. The molecule has 0 atom stereocenters. The first-order valence-corrected chi connectivity index (χ1v) is 6.68. The van der Waals surface area contributed by atoms with Gasteiger partial charge in [-0.05, 0) is 37.2 Å². The van der Waals surface area contributed by atoms with Crippen molar-refractivity contribution in [3.63, 3.8) is 0 Å². The van der Waals surface area contributed by atoms with E-state index in [-0.39, 0.29) is 0 Å². The molecule has 1 aromatic carbocycles. The summed E-state index contributed by atoms with van der Waals surface area (Å²) in [6, 6.07) is 10.7. The molecule has 1 aliphatic carbocycles. The number of piperidine rings is 1. The molecule has 2 aliphatic rings. The molecule has 0 N–H and O–H groups in total. The molecular formula is C15H19NO. The second kappa shape index (κ2) is 4.52. The molecule has 1 aromatic rings. The minimum Gasteiger partial charge on any atom is -0.342 e. The molecule has 0 spiro atoms. The number of hydrogen-bond donors (Lipinski definition) is 0. The van der Waals surface area contributed by atoms with Gasteiger partial charge in [0.1, 0.15) is 0 Å². The van der Waals surface area contributed by atoms with Crippen LogP contribution < -0.4 is 0 Å². The zero-order valence-corrected chi connectivity index (χ0v) is 10.1. The summed E-state index contributed by atoms with van der Waals surface area (Å²) in [5, 5.41) is 0. The number of nitrogens with zero attached hydrogens (tertiary/aromatic N) is 1. The fraction of sp³-hybridized carbons (Fsp3) is 0.533. The van der Waals surface area contributed by atoms with Crippen LogP contribution in [0.5, 0.6) is 0 Å². The molecule has 1 heterocycles. The predicted molar refractivity (Wildman–Crippen MR) is 67.7 cm³/mol. The summed E-state index contributed by atoms with van der Waals surface area (Å²) in [4.78, 5) is 14.0. The van der Waals surface area contributed by atoms with Crippen molar-refractivity contribution in [3.05, 3.63) is 35.9 Å². The monoisotopic (exact) mass is 229 g/mol. The molecule has 0 bridgehead atoms. The van der Waals surface area contributed by atoms with E-state index in [1.54, 1.807) is 0 Å². The third-order valence-electron chi connectivity index (χ3n) is 4.00. The van der Waals surface area contributed by atoms with E-state index >= 15 is 0 Å². The van der Waals surface area contributed by atoms with E-state index in [1.807, 2.05) is 0 Å². The lowest BCUT2D eigenvalue weighted by Crippen LogP contribution is -2.38. The van der Waals surface area contributed by atoms with Crippen molar-refractivity contribution in [1.82, 2.24) is 4.90 Å². The quantitative estimate of drug-likeness (QED) is 0.763. The van der Waals surface area contributed by atoms with Gasteiger partial charge in [0.25, 0.3) is 0 Å². The van der Waals surface area contributed by atoms with Gasteiger partial charge in [0, 0.05) is 19.0 Å². The van der Waals surface area contributed by atoms with E-state index in [0.29, 0.717) is 17.7 Å². The third-order valence-corrected chi connectivity index (χ3v) is 4.00. The second-order valence-corrected chi connectivity index (χ2v) is 5.28. The molecule has 1 amide bonds. The Morgan fingerprint density at radius 1 is 1.00 bits per heavy atom. The molecule has 90 valence electrons. The molecule has 2 nitrogen and oxygen atoms in total. The fourth-order valence-electron chi connectivity index (χ4n) is 2.75. The minimum atomic E-state index is 0.378. The van der Waals surface area contributed by atoms with Gasteiger partial charge in [0.05, 0.1) is 0 Å². The fourth-order valence-corrected chi connectivity index (χ4v) is 2.75. The summed E-state index contributed by atoms with van der Waals surface area (Å²) >= 11 is 0. The normalized spacial score (nSPS) is 21.5. The maximum atomic E-state index is 11.9. The highest BCUT2D eigenvalue weighted by Gasteiger charge is 2.34. The summed E-state index contributed by atoms with van der Waals surface area (Å²) in [7, 11) is 0. The average Bonchev–Trinajstić information content (AvgIpc) is 3.24. The van der Waals surface area contributed by atoms with E-state index in [9.17, 15) is 4.79 Å². The first-order valence-electron chi connectivity index (χ1n) is 6.68. The zero-order chi connectivity index (χ0) is 11.7. The van der Waals surface area contributed by atoms with Gasteiger partial charge in [-0.3, -0.25) is 4.79 Å². The second-order valence-electron chi connectivity index (χ2n) is 5.28. The number of hydrogen-bond acceptors (Lipinski definition) is 1. The van der Waals surface area contributed by atoms with E-state index in [4.69, 9.17) is 0 Å². The SMILES string of the molecule is O=C(C1CC1)N1CCC(c2ccccc2)CC1. The summed E-state index contributed by atoms with van der Waals surface area (Å²) in [6.07, 6.45) is 4.50. The Morgan fingerprint density at radius 2 is 1.65 bits per heavy atom. The first kappa shape index (κ1) is 10.8. The van der Waals surface area contributed by atoms with Crippen LogP contribution in [-0.2, 0) is 4.79 Å². The molecule has 3 rings (SSSR count). The summed E-state index contributed by atoms with van der Waals surface area (Å²) < 4.78 is 0. The van der Waals surface area contributed by atoms with Crippen LogP contribution in [0.25, 0.3) is 0 Å². The van der Waals surface area contributed by atoms with Gasteiger partial charge in [-0.1, -0.05) is 30.3 Å². The third kappa shape index (κ3) is 2.36. The van der Waals surface area contributed by atoms with Crippen molar-refractivity contribution >= 4 is 5.91 Å². The molecular weight excluding hydrogens is 210 g/mol. The van der Waals surface area contributed by atoms with E-state index in [1.165, 1.54) is 5.56 Å². The zero-order valence-electron chi connectivity index (χ0n) is 10.1. The summed E-state index contributed by atoms with van der Waals surface area (Å²) in [5.41, 5.74) is 1.44. The maximum absolute atomic E-state index is 11.9. The Kier molecular flexibility index (Phi) is 2.87. The number of amides is 1. The lowest BCUT2D eigenvalue weighted by atomic mass is 9.89. The topological polar surface area (TPSA) is 20.3 Å². The van der Waals surface area contributed by atoms with Crippen molar-refractivity contribution in [2.75, 3.05) is 13.1 Å². The standard InChI is InChI=1S/C15H19NO/c17-15(14-6-7-14)16-10-8-13(9-11-16)12-4-2-1-3-5-12/h1-5,13-14H,6-11H2. The maximum Gasteiger partial charge on any atom is 0.225 e. The number of rotatable bonds is 2. The van der Waals surface area contributed by atoms with Crippen molar-refractivity contribution in [2.24, 2.45) is 5.92 Å². The van der Waals surface area contributed by atoms with Gasteiger partial charge in [-0.2, -0.15) is 0 Å². The van der Waals surface area contributed by atoms with Gasteiger partial charge in [-0.15, -0.1) is 0 Å². The Bertz CT molecular complexity index is 389. The van der Waals surface area contributed by atoms with Crippen LogP contribution in [0.2, 0.25) is 0 Å². The van der Waals surface area contributed by atoms with Crippen LogP contribution in [0.3, 0.4) is 0 Å². The number of carbonyl (C=O) groups excluding carboxylic acids is 1. The molecule has 1 saturated carbocycles. The lowest BCUT2D eigenvalue weighted by molar-refractivity contribution is -0.133.